The van der Waals surface area contributed by atoms with Gasteiger partial charge in [-0.05, 0) is 30.9 Å². The largest absolute Gasteiger partial charge is 0.340 e. The van der Waals surface area contributed by atoms with Gasteiger partial charge in [-0.15, -0.1) is 11.3 Å². The maximum absolute atomic E-state index is 12.2. The number of thioether (sulfide) groups is 1. The van der Waals surface area contributed by atoms with Gasteiger partial charge in [-0.3, -0.25) is 4.79 Å². The molecule has 0 fully saturated rings. The zero-order valence-electron chi connectivity index (χ0n) is 10.3. The third kappa shape index (κ3) is 3.03. The van der Waals surface area contributed by atoms with Crippen molar-refractivity contribution in [2.24, 2.45) is 0 Å². The van der Waals surface area contributed by atoms with Crippen LogP contribution >= 0.6 is 23.1 Å². The number of nitrogens with zero attached hydrogens (tertiary/aromatic N) is 1. The van der Waals surface area contributed by atoms with Crippen LogP contribution in [0.15, 0.2) is 6.07 Å². The lowest BCUT2D eigenvalue weighted by atomic mass is 10.2. The molecule has 0 aliphatic carbocycles. The number of aryl methyl sites for hydroxylation is 1. The second-order valence-corrected chi connectivity index (χ2v) is 6.43. The van der Waals surface area contributed by atoms with Gasteiger partial charge in [0.05, 0.1) is 4.88 Å². The zero-order chi connectivity index (χ0) is 12.3. The van der Waals surface area contributed by atoms with Crippen molar-refractivity contribution in [1.29, 1.82) is 0 Å². The summed E-state index contributed by atoms with van der Waals surface area (Å²) in [5.74, 6) is 2.42. The molecule has 1 N–H and O–H groups in total. The van der Waals surface area contributed by atoms with Gasteiger partial charge in [-0.25, -0.2) is 0 Å². The normalized spacial score (nSPS) is 14.5. The highest BCUT2D eigenvalue weighted by Gasteiger charge is 2.19. The Bertz CT molecular complexity index is 380. The molecule has 1 aliphatic rings. The molecule has 0 atom stereocenters. The predicted octanol–water partition coefficient (Wildman–Crippen LogP) is 1.83. The van der Waals surface area contributed by atoms with Crippen molar-refractivity contribution >= 4 is 29.0 Å². The smallest absolute Gasteiger partial charge is 0.263 e. The molecule has 2 heterocycles. The Labute approximate surface area is 111 Å². The standard InChI is InChI=1S/C12H18N2OS2/c1-13-4-5-14(2)12(15)11-7-9-8-16-6-3-10(9)17-11/h7,13H,3-6,8H2,1-2H3. The molecule has 0 saturated carbocycles. The summed E-state index contributed by atoms with van der Waals surface area (Å²) in [4.78, 5) is 16.3. The molecular formula is C12H18N2OS2. The molecule has 0 radical (unpaired) electrons. The highest BCUT2D eigenvalue weighted by atomic mass is 32.2. The van der Waals surface area contributed by atoms with Crippen LogP contribution in [0.2, 0.25) is 0 Å². The molecule has 0 bridgehead atoms. The fraction of sp³-hybridized carbons (Fsp3) is 0.583. The molecule has 1 aromatic rings. The van der Waals surface area contributed by atoms with Gasteiger partial charge in [0.1, 0.15) is 0 Å². The van der Waals surface area contributed by atoms with E-state index in [9.17, 15) is 4.79 Å². The first-order chi connectivity index (χ1) is 8.22. The first-order valence-corrected chi connectivity index (χ1v) is 7.79. The lowest BCUT2D eigenvalue weighted by Crippen LogP contribution is -2.32. The summed E-state index contributed by atoms with van der Waals surface area (Å²) < 4.78 is 0. The third-order valence-corrected chi connectivity index (χ3v) is 5.12. The molecule has 17 heavy (non-hydrogen) atoms. The molecule has 2 rings (SSSR count). The van der Waals surface area contributed by atoms with Crippen LogP contribution in [-0.4, -0.2) is 43.7 Å². The van der Waals surface area contributed by atoms with Gasteiger partial charge in [-0.2, -0.15) is 11.8 Å². The highest BCUT2D eigenvalue weighted by Crippen LogP contribution is 2.32. The van der Waals surface area contributed by atoms with Gasteiger partial charge in [0.15, 0.2) is 0 Å². The first-order valence-electron chi connectivity index (χ1n) is 5.81. The number of hydrogen-bond donors (Lipinski definition) is 1. The molecule has 1 aromatic heterocycles. The average molecular weight is 270 g/mol. The summed E-state index contributed by atoms with van der Waals surface area (Å²) in [5.41, 5.74) is 1.37. The third-order valence-electron chi connectivity index (χ3n) is 2.88. The fourth-order valence-electron chi connectivity index (χ4n) is 1.82. The number of hydrogen-bond acceptors (Lipinski definition) is 4. The van der Waals surface area contributed by atoms with E-state index in [4.69, 9.17) is 0 Å². The molecule has 0 saturated heterocycles. The van der Waals surface area contributed by atoms with E-state index in [0.29, 0.717) is 0 Å². The zero-order valence-corrected chi connectivity index (χ0v) is 11.9. The number of thiophene rings is 1. The van der Waals surface area contributed by atoms with Crippen LogP contribution in [0.3, 0.4) is 0 Å². The number of nitrogens with one attached hydrogen (secondary N) is 1. The topological polar surface area (TPSA) is 32.3 Å². The van der Waals surface area contributed by atoms with Crippen LogP contribution in [0.1, 0.15) is 20.1 Å². The van der Waals surface area contributed by atoms with E-state index in [-0.39, 0.29) is 5.91 Å². The molecule has 1 aliphatic heterocycles. The van der Waals surface area contributed by atoms with Gasteiger partial charge in [0, 0.05) is 30.8 Å². The summed E-state index contributed by atoms with van der Waals surface area (Å²) in [5, 5.41) is 3.06. The van der Waals surface area contributed by atoms with Crippen molar-refractivity contribution in [2.45, 2.75) is 12.2 Å². The Morgan fingerprint density at radius 2 is 2.41 bits per heavy atom. The Morgan fingerprint density at radius 3 is 3.12 bits per heavy atom. The van der Waals surface area contributed by atoms with E-state index in [1.165, 1.54) is 16.2 Å². The maximum Gasteiger partial charge on any atom is 0.263 e. The minimum atomic E-state index is 0.157. The van der Waals surface area contributed by atoms with Crippen molar-refractivity contribution in [3.63, 3.8) is 0 Å². The van der Waals surface area contributed by atoms with Crippen LogP contribution in [0.4, 0.5) is 0 Å². The van der Waals surface area contributed by atoms with Gasteiger partial charge >= 0.3 is 0 Å². The van der Waals surface area contributed by atoms with Crippen LogP contribution in [0, 0.1) is 0 Å². The lowest BCUT2D eigenvalue weighted by Gasteiger charge is -2.15. The summed E-state index contributed by atoms with van der Waals surface area (Å²) >= 11 is 3.64. The van der Waals surface area contributed by atoms with Gasteiger partial charge in [0.2, 0.25) is 0 Å². The molecule has 0 aromatic carbocycles. The van der Waals surface area contributed by atoms with E-state index in [1.807, 2.05) is 25.9 Å². The van der Waals surface area contributed by atoms with Crippen LogP contribution in [0.25, 0.3) is 0 Å². The molecular weight excluding hydrogens is 252 g/mol. The summed E-state index contributed by atoms with van der Waals surface area (Å²) in [7, 11) is 3.77. The van der Waals surface area contributed by atoms with E-state index in [1.54, 1.807) is 16.2 Å². The highest BCUT2D eigenvalue weighted by molar-refractivity contribution is 7.98. The quantitative estimate of drug-likeness (QED) is 0.906. The summed E-state index contributed by atoms with van der Waals surface area (Å²) in [6.45, 7) is 1.59. The number of carbonyl (C=O) groups excluding carboxylic acids is 1. The minimum absolute atomic E-state index is 0.157. The lowest BCUT2D eigenvalue weighted by molar-refractivity contribution is 0.0801. The van der Waals surface area contributed by atoms with Gasteiger partial charge in [-0.1, -0.05) is 0 Å². The van der Waals surface area contributed by atoms with Crippen molar-refractivity contribution < 1.29 is 4.79 Å². The van der Waals surface area contributed by atoms with Gasteiger partial charge < -0.3 is 10.2 Å². The van der Waals surface area contributed by atoms with E-state index < -0.39 is 0 Å². The van der Waals surface area contributed by atoms with E-state index in [0.717, 1.165) is 30.1 Å². The Balaban J connectivity index is 2.06. The second kappa shape index (κ2) is 5.89. The monoisotopic (exact) mass is 270 g/mol. The number of amides is 1. The molecule has 3 nitrogen and oxygen atoms in total. The van der Waals surface area contributed by atoms with Crippen LogP contribution in [-0.2, 0) is 12.2 Å². The van der Waals surface area contributed by atoms with Gasteiger partial charge in [0.25, 0.3) is 5.91 Å². The SMILES string of the molecule is CNCCN(C)C(=O)c1cc2c(s1)CCSC2. The predicted molar refractivity (Wildman–Crippen MR) is 75.1 cm³/mol. The Kier molecular flexibility index (Phi) is 4.48. The summed E-state index contributed by atoms with van der Waals surface area (Å²) in [6, 6.07) is 2.09. The van der Waals surface area contributed by atoms with E-state index in [2.05, 4.69) is 11.4 Å². The fourth-order valence-corrected chi connectivity index (χ4v) is 4.19. The minimum Gasteiger partial charge on any atom is -0.340 e. The number of fused-ring (bicyclic) bond motifs is 1. The second-order valence-electron chi connectivity index (χ2n) is 4.19. The molecule has 94 valence electrons. The van der Waals surface area contributed by atoms with Crippen molar-refractivity contribution in [1.82, 2.24) is 10.2 Å². The Morgan fingerprint density at radius 1 is 1.59 bits per heavy atom. The van der Waals surface area contributed by atoms with Crippen molar-refractivity contribution in [3.05, 3.63) is 21.4 Å². The average Bonchev–Trinajstić information content (AvgIpc) is 2.78. The van der Waals surface area contributed by atoms with Crippen molar-refractivity contribution in [2.75, 3.05) is 32.9 Å². The van der Waals surface area contributed by atoms with E-state index >= 15 is 0 Å². The van der Waals surface area contributed by atoms with Crippen LogP contribution in [0.5, 0.6) is 0 Å². The first kappa shape index (κ1) is 12.9. The maximum atomic E-state index is 12.2. The number of rotatable bonds is 4. The molecule has 0 spiro atoms. The molecule has 1 amide bonds. The molecule has 0 unspecified atom stereocenters. The van der Waals surface area contributed by atoms with Crippen molar-refractivity contribution in [3.8, 4) is 0 Å². The number of likely N-dealkylation sites (N-methyl/N-ethyl adjacent to an activating group) is 2. The Hall–Kier alpha value is -0.520. The molecule has 5 heteroatoms. The van der Waals surface area contributed by atoms with Crippen LogP contribution < -0.4 is 5.32 Å². The summed E-state index contributed by atoms with van der Waals surface area (Å²) in [6.07, 6.45) is 1.12. The number of carbonyl (C=O) groups is 1.